The number of nitrogens with zero attached hydrogens (tertiary/aromatic N) is 1. The Kier molecular flexibility index (Phi) is 5.84. The normalized spacial score (nSPS) is 16.8. The Hall–Kier alpha value is -2.04. The second-order valence-corrected chi connectivity index (χ2v) is 7.38. The van der Waals surface area contributed by atoms with Crippen LogP contribution < -0.4 is 10.2 Å². The summed E-state index contributed by atoms with van der Waals surface area (Å²) >= 11 is 11.8. The van der Waals surface area contributed by atoms with Crippen molar-refractivity contribution in [1.82, 2.24) is 5.32 Å². The SMILES string of the molecule is Cc1cc(Cl)ccc1N1CC(C(=O)NCCc2ccc(Cl)cc2)CC1=O. The Balaban J connectivity index is 1.56. The number of hydrogen-bond donors (Lipinski definition) is 1. The van der Waals surface area contributed by atoms with Crippen molar-refractivity contribution in [2.75, 3.05) is 18.0 Å². The number of carbonyl (C=O) groups is 2. The van der Waals surface area contributed by atoms with Crippen molar-refractivity contribution in [2.45, 2.75) is 19.8 Å². The highest BCUT2D eigenvalue weighted by atomic mass is 35.5. The zero-order chi connectivity index (χ0) is 18.7. The summed E-state index contributed by atoms with van der Waals surface area (Å²) in [5.74, 6) is -0.447. The maximum atomic E-state index is 12.4. The van der Waals surface area contributed by atoms with Gasteiger partial charge in [-0.3, -0.25) is 9.59 Å². The molecule has 1 N–H and O–H groups in total. The zero-order valence-electron chi connectivity index (χ0n) is 14.5. The average Bonchev–Trinajstić information content (AvgIpc) is 2.98. The van der Waals surface area contributed by atoms with Crippen molar-refractivity contribution in [3.8, 4) is 0 Å². The minimum absolute atomic E-state index is 0.0340. The van der Waals surface area contributed by atoms with Gasteiger partial charge in [0, 0.05) is 35.2 Å². The summed E-state index contributed by atoms with van der Waals surface area (Å²) in [4.78, 5) is 26.4. The van der Waals surface area contributed by atoms with Crippen LogP contribution in [0.3, 0.4) is 0 Å². The summed E-state index contributed by atoms with van der Waals surface area (Å²) < 4.78 is 0. The second kappa shape index (κ2) is 8.11. The number of halogens is 2. The maximum Gasteiger partial charge on any atom is 0.227 e. The molecule has 26 heavy (non-hydrogen) atoms. The monoisotopic (exact) mass is 390 g/mol. The van der Waals surface area contributed by atoms with E-state index in [2.05, 4.69) is 5.32 Å². The van der Waals surface area contributed by atoms with Crippen molar-refractivity contribution in [1.29, 1.82) is 0 Å². The van der Waals surface area contributed by atoms with Crippen LogP contribution in [0.4, 0.5) is 5.69 Å². The van der Waals surface area contributed by atoms with Crippen LogP contribution >= 0.6 is 23.2 Å². The van der Waals surface area contributed by atoms with Gasteiger partial charge in [-0.05, 0) is 54.8 Å². The molecule has 1 saturated heterocycles. The van der Waals surface area contributed by atoms with E-state index in [1.165, 1.54) is 0 Å². The molecule has 3 rings (SSSR count). The number of amides is 2. The molecular formula is C20H20Cl2N2O2. The third-order valence-electron chi connectivity index (χ3n) is 4.57. The third kappa shape index (κ3) is 4.37. The standard InChI is InChI=1S/C20H20Cl2N2O2/c1-13-10-17(22)6-7-18(13)24-12-15(11-19(24)25)20(26)23-9-8-14-2-4-16(21)5-3-14/h2-7,10,15H,8-9,11-12H2,1H3,(H,23,26). The lowest BCUT2D eigenvalue weighted by Crippen LogP contribution is -2.34. The van der Waals surface area contributed by atoms with Gasteiger partial charge in [0.15, 0.2) is 0 Å². The molecule has 2 amide bonds. The molecule has 1 aliphatic heterocycles. The van der Waals surface area contributed by atoms with Gasteiger partial charge in [-0.25, -0.2) is 0 Å². The number of carbonyl (C=O) groups excluding carboxylic acids is 2. The van der Waals surface area contributed by atoms with E-state index in [0.29, 0.717) is 23.1 Å². The highest BCUT2D eigenvalue weighted by Crippen LogP contribution is 2.29. The first kappa shape index (κ1) is 18.7. The van der Waals surface area contributed by atoms with Crippen molar-refractivity contribution in [2.24, 2.45) is 5.92 Å². The fourth-order valence-electron chi connectivity index (χ4n) is 3.16. The smallest absolute Gasteiger partial charge is 0.227 e. The predicted molar refractivity (Wildman–Crippen MR) is 105 cm³/mol. The molecule has 0 spiro atoms. The molecule has 0 aromatic heterocycles. The molecule has 0 bridgehead atoms. The second-order valence-electron chi connectivity index (χ2n) is 6.50. The summed E-state index contributed by atoms with van der Waals surface area (Å²) in [6, 6.07) is 13.0. The van der Waals surface area contributed by atoms with E-state index in [-0.39, 0.29) is 24.2 Å². The topological polar surface area (TPSA) is 49.4 Å². The minimum atomic E-state index is -0.331. The van der Waals surface area contributed by atoms with Gasteiger partial charge < -0.3 is 10.2 Å². The summed E-state index contributed by atoms with van der Waals surface area (Å²) in [5, 5.41) is 4.26. The fraction of sp³-hybridized carbons (Fsp3) is 0.300. The van der Waals surface area contributed by atoms with E-state index in [1.807, 2.05) is 43.3 Å². The number of hydrogen-bond acceptors (Lipinski definition) is 2. The molecular weight excluding hydrogens is 371 g/mol. The Bertz CT molecular complexity index is 821. The van der Waals surface area contributed by atoms with E-state index in [1.54, 1.807) is 11.0 Å². The highest BCUT2D eigenvalue weighted by Gasteiger charge is 2.35. The molecule has 1 atom stereocenters. The van der Waals surface area contributed by atoms with E-state index in [0.717, 1.165) is 23.2 Å². The van der Waals surface area contributed by atoms with Crippen molar-refractivity contribution < 1.29 is 9.59 Å². The molecule has 1 aliphatic rings. The summed E-state index contributed by atoms with van der Waals surface area (Å²) in [7, 11) is 0. The first-order valence-electron chi connectivity index (χ1n) is 8.52. The van der Waals surface area contributed by atoms with Crippen LogP contribution in [0.1, 0.15) is 17.5 Å². The first-order chi connectivity index (χ1) is 12.4. The van der Waals surface area contributed by atoms with Gasteiger partial charge in [-0.2, -0.15) is 0 Å². The number of anilines is 1. The summed E-state index contributed by atoms with van der Waals surface area (Å²) in [5.41, 5.74) is 2.85. The molecule has 2 aromatic carbocycles. The number of nitrogens with one attached hydrogen (secondary N) is 1. The molecule has 1 heterocycles. The van der Waals surface area contributed by atoms with Crippen LogP contribution in [0, 0.1) is 12.8 Å². The zero-order valence-corrected chi connectivity index (χ0v) is 16.0. The lowest BCUT2D eigenvalue weighted by atomic mass is 10.1. The van der Waals surface area contributed by atoms with Gasteiger partial charge in [0.2, 0.25) is 11.8 Å². The van der Waals surface area contributed by atoms with Gasteiger partial charge in [0.05, 0.1) is 5.92 Å². The largest absolute Gasteiger partial charge is 0.355 e. The lowest BCUT2D eigenvalue weighted by Gasteiger charge is -2.19. The third-order valence-corrected chi connectivity index (χ3v) is 5.06. The van der Waals surface area contributed by atoms with Gasteiger partial charge in [0.1, 0.15) is 0 Å². The van der Waals surface area contributed by atoms with E-state index >= 15 is 0 Å². The molecule has 6 heteroatoms. The van der Waals surface area contributed by atoms with Crippen LogP contribution in [0.2, 0.25) is 10.0 Å². The predicted octanol–water partition coefficient (Wildman–Crippen LogP) is 4.01. The molecule has 1 unspecified atom stereocenters. The van der Waals surface area contributed by atoms with Gasteiger partial charge in [-0.1, -0.05) is 35.3 Å². The van der Waals surface area contributed by atoms with Crippen LogP contribution in [0.25, 0.3) is 0 Å². The van der Waals surface area contributed by atoms with Crippen LogP contribution in [0.15, 0.2) is 42.5 Å². The van der Waals surface area contributed by atoms with Gasteiger partial charge >= 0.3 is 0 Å². The van der Waals surface area contributed by atoms with E-state index < -0.39 is 0 Å². The average molecular weight is 391 g/mol. The number of benzene rings is 2. The molecule has 4 nitrogen and oxygen atoms in total. The minimum Gasteiger partial charge on any atom is -0.355 e. The number of rotatable bonds is 5. The Morgan fingerprint density at radius 2 is 1.85 bits per heavy atom. The van der Waals surface area contributed by atoms with Gasteiger partial charge in [0.25, 0.3) is 0 Å². The van der Waals surface area contributed by atoms with Gasteiger partial charge in [-0.15, -0.1) is 0 Å². The fourth-order valence-corrected chi connectivity index (χ4v) is 3.52. The van der Waals surface area contributed by atoms with Crippen molar-refractivity contribution >= 4 is 40.7 Å². The van der Waals surface area contributed by atoms with Crippen LogP contribution in [-0.4, -0.2) is 24.9 Å². The van der Waals surface area contributed by atoms with E-state index in [4.69, 9.17) is 23.2 Å². The summed E-state index contributed by atoms with van der Waals surface area (Å²) in [6.45, 7) is 2.84. The quantitative estimate of drug-likeness (QED) is 0.837. The molecule has 2 aromatic rings. The van der Waals surface area contributed by atoms with Crippen molar-refractivity contribution in [3.05, 3.63) is 63.6 Å². The Labute approximate surface area is 163 Å². The molecule has 0 saturated carbocycles. The molecule has 136 valence electrons. The number of aryl methyl sites for hydroxylation is 1. The van der Waals surface area contributed by atoms with Crippen molar-refractivity contribution in [3.63, 3.8) is 0 Å². The Morgan fingerprint density at radius 3 is 2.54 bits per heavy atom. The molecule has 1 fully saturated rings. The lowest BCUT2D eigenvalue weighted by molar-refractivity contribution is -0.126. The summed E-state index contributed by atoms with van der Waals surface area (Å²) in [6.07, 6.45) is 0.957. The van der Waals surface area contributed by atoms with Crippen LogP contribution in [-0.2, 0) is 16.0 Å². The Morgan fingerprint density at radius 1 is 1.15 bits per heavy atom. The maximum absolute atomic E-state index is 12.4. The molecule has 0 aliphatic carbocycles. The van der Waals surface area contributed by atoms with E-state index in [9.17, 15) is 9.59 Å². The van der Waals surface area contributed by atoms with Crippen LogP contribution in [0.5, 0.6) is 0 Å². The molecule has 0 radical (unpaired) electrons. The first-order valence-corrected chi connectivity index (χ1v) is 9.28. The highest BCUT2D eigenvalue weighted by molar-refractivity contribution is 6.31.